The number of unbranched alkanes of at least 4 members (excludes halogenated alkanes) is 1. The second kappa shape index (κ2) is 8.22. The first kappa shape index (κ1) is 16.1. The van der Waals surface area contributed by atoms with Gasteiger partial charge in [0.2, 0.25) is 0 Å². The lowest BCUT2D eigenvalue weighted by Crippen LogP contribution is -2.20. The summed E-state index contributed by atoms with van der Waals surface area (Å²) in [6, 6.07) is 0. The van der Waals surface area contributed by atoms with Crippen molar-refractivity contribution < 1.29 is 22.7 Å². The minimum absolute atomic E-state index is 0.0364. The first-order chi connectivity index (χ1) is 7.91. The van der Waals surface area contributed by atoms with Crippen molar-refractivity contribution in [1.29, 1.82) is 0 Å². The van der Waals surface area contributed by atoms with Crippen LogP contribution in [-0.2, 0) is 24.2 Å². The van der Waals surface area contributed by atoms with Gasteiger partial charge in [-0.25, -0.2) is 8.42 Å². The van der Waals surface area contributed by atoms with E-state index in [1.807, 2.05) is 6.92 Å². The maximum Gasteiger partial charge on any atom is 0.306 e. The highest BCUT2D eigenvalue weighted by Gasteiger charge is 2.17. The van der Waals surface area contributed by atoms with Gasteiger partial charge in [-0.1, -0.05) is 13.3 Å². The Balaban J connectivity index is 3.97. The van der Waals surface area contributed by atoms with Crippen LogP contribution in [0.4, 0.5) is 0 Å². The summed E-state index contributed by atoms with van der Waals surface area (Å²) in [5, 5.41) is 0. The van der Waals surface area contributed by atoms with Gasteiger partial charge in [0.15, 0.2) is 9.84 Å². The Hall–Kier alpha value is -0.910. The molecular formula is C11H20O5S. The van der Waals surface area contributed by atoms with E-state index in [-0.39, 0.29) is 25.2 Å². The summed E-state index contributed by atoms with van der Waals surface area (Å²) in [4.78, 5) is 22.3. The van der Waals surface area contributed by atoms with Gasteiger partial charge in [0.25, 0.3) is 0 Å². The average Bonchev–Trinajstić information content (AvgIpc) is 2.23. The molecule has 6 heteroatoms. The molecule has 0 aromatic heterocycles. The molecule has 0 atom stereocenters. The second-order valence-electron chi connectivity index (χ2n) is 3.79. The summed E-state index contributed by atoms with van der Waals surface area (Å²) in [5.41, 5.74) is 0. The van der Waals surface area contributed by atoms with E-state index in [9.17, 15) is 18.0 Å². The molecule has 0 fully saturated rings. The Morgan fingerprint density at radius 1 is 1.12 bits per heavy atom. The molecule has 0 aliphatic heterocycles. The molecule has 0 bridgehead atoms. The zero-order valence-electron chi connectivity index (χ0n) is 10.4. The third kappa shape index (κ3) is 8.85. The smallest absolute Gasteiger partial charge is 0.306 e. The molecule has 17 heavy (non-hydrogen) atoms. The lowest BCUT2D eigenvalue weighted by Gasteiger charge is -2.03. The van der Waals surface area contributed by atoms with Crippen molar-refractivity contribution in [2.75, 3.05) is 18.1 Å². The third-order valence-electron chi connectivity index (χ3n) is 2.10. The average molecular weight is 264 g/mol. The predicted octanol–water partition coefficient (Wildman–Crippen LogP) is 1.11. The van der Waals surface area contributed by atoms with Crippen LogP contribution in [-0.4, -0.2) is 38.3 Å². The van der Waals surface area contributed by atoms with Crippen molar-refractivity contribution in [2.24, 2.45) is 0 Å². The van der Waals surface area contributed by atoms with E-state index < -0.39 is 27.3 Å². The number of hydrogen-bond acceptors (Lipinski definition) is 5. The maximum atomic E-state index is 11.4. The number of ketones is 1. The normalized spacial score (nSPS) is 11.2. The summed E-state index contributed by atoms with van der Waals surface area (Å²) in [5.74, 6) is -1.32. The van der Waals surface area contributed by atoms with Crippen molar-refractivity contribution in [2.45, 2.75) is 39.5 Å². The van der Waals surface area contributed by atoms with E-state index >= 15 is 0 Å². The number of esters is 1. The van der Waals surface area contributed by atoms with Crippen LogP contribution in [0.15, 0.2) is 0 Å². The molecule has 0 rings (SSSR count). The van der Waals surface area contributed by atoms with E-state index in [0.29, 0.717) is 6.42 Å². The van der Waals surface area contributed by atoms with Crippen LogP contribution in [0.1, 0.15) is 39.5 Å². The van der Waals surface area contributed by atoms with Crippen molar-refractivity contribution in [3.8, 4) is 0 Å². The first-order valence-corrected chi connectivity index (χ1v) is 7.61. The molecule has 0 N–H and O–H groups in total. The van der Waals surface area contributed by atoms with Crippen molar-refractivity contribution >= 4 is 21.6 Å². The van der Waals surface area contributed by atoms with E-state index in [1.165, 1.54) is 0 Å². The van der Waals surface area contributed by atoms with Crippen LogP contribution < -0.4 is 0 Å². The summed E-state index contributed by atoms with van der Waals surface area (Å²) in [6.07, 6.45) is 1.23. The SMILES string of the molecule is CCCCS(=O)(=O)CC(=O)CCC(=O)OCC. The Kier molecular flexibility index (Phi) is 7.78. The highest BCUT2D eigenvalue weighted by Crippen LogP contribution is 2.01. The molecule has 0 saturated carbocycles. The number of rotatable bonds is 9. The van der Waals surface area contributed by atoms with E-state index in [4.69, 9.17) is 0 Å². The van der Waals surface area contributed by atoms with Crippen molar-refractivity contribution in [1.82, 2.24) is 0 Å². The van der Waals surface area contributed by atoms with E-state index in [2.05, 4.69) is 4.74 Å². The number of Topliss-reactive ketones (excluding diaryl/α,β-unsaturated/α-hetero) is 1. The van der Waals surface area contributed by atoms with E-state index in [1.54, 1.807) is 6.92 Å². The Labute approximate surface area is 102 Å². The molecule has 0 aromatic carbocycles. The second-order valence-corrected chi connectivity index (χ2v) is 5.97. The van der Waals surface area contributed by atoms with Gasteiger partial charge in [0.05, 0.1) is 18.8 Å². The quantitative estimate of drug-likeness (QED) is 0.583. The molecule has 0 heterocycles. The van der Waals surface area contributed by atoms with Gasteiger partial charge in [-0.05, 0) is 13.3 Å². The van der Waals surface area contributed by atoms with Gasteiger partial charge >= 0.3 is 5.97 Å². The molecule has 5 nitrogen and oxygen atoms in total. The standard InChI is InChI=1S/C11H20O5S/c1-3-5-8-17(14,15)9-10(12)6-7-11(13)16-4-2/h3-9H2,1-2H3. The number of carbonyl (C=O) groups is 2. The van der Waals surface area contributed by atoms with Crippen LogP contribution in [0, 0.1) is 0 Å². The molecule has 0 aliphatic rings. The molecule has 0 unspecified atom stereocenters. The molecular weight excluding hydrogens is 244 g/mol. The number of ether oxygens (including phenoxy) is 1. The molecule has 100 valence electrons. The summed E-state index contributed by atoms with van der Waals surface area (Å²) >= 11 is 0. The fourth-order valence-electron chi connectivity index (χ4n) is 1.23. The Morgan fingerprint density at radius 3 is 2.29 bits per heavy atom. The monoisotopic (exact) mass is 264 g/mol. The van der Waals surface area contributed by atoms with Crippen LogP contribution >= 0.6 is 0 Å². The molecule has 0 aliphatic carbocycles. The third-order valence-corrected chi connectivity index (χ3v) is 3.78. The van der Waals surface area contributed by atoms with Crippen molar-refractivity contribution in [3.63, 3.8) is 0 Å². The van der Waals surface area contributed by atoms with Gasteiger partial charge in [0.1, 0.15) is 11.5 Å². The molecule has 0 amide bonds. The number of carbonyl (C=O) groups excluding carboxylic acids is 2. The summed E-state index contributed by atoms with van der Waals surface area (Å²) in [7, 11) is -3.30. The summed E-state index contributed by atoms with van der Waals surface area (Å²) < 4.78 is 27.5. The van der Waals surface area contributed by atoms with Crippen LogP contribution in [0.5, 0.6) is 0 Å². The van der Waals surface area contributed by atoms with Gasteiger partial charge in [-0.15, -0.1) is 0 Å². The maximum absolute atomic E-state index is 11.4. The highest BCUT2D eigenvalue weighted by atomic mass is 32.2. The minimum atomic E-state index is -3.30. The fourth-order valence-corrected chi connectivity index (χ4v) is 2.74. The molecule has 0 aromatic rings. The van der Waals surface area contributed by atoms with Crippen LogP contribution in [0.25, 0.3) is 0 Å². The number of sulfone groups is 1. The molecule has 0 saturated heterocycles. The molecule has 0 spiro atoms. The zero-order chi connectivity index (χ0) is 13.3. The van der Waals surface area contributed by atoms with Gasteiger partial charge in [0, 0.05) is 6.42 Å². The lowest BCUT2D eigenvalue weighted by atomic mass is 10.2. The highest BCUT2D eigenvalue weighted by molar-refractivity contribution is 7.92. The predicted molar refractivity (Wildman–Crippen MR) is 64.4 cm³/mol. The zero-order valence-corrected chi connectivity index (χ0v) is 11.2. The van der Waals surface area contributed by atoms with Crippen LogP contribution in [0.3, 0.4) is 0 Å². The first-order valence-electron chi connectivity index (χ1n) is 5.79. The van der Waals surface area contributed by atoms with Gasteiger partial charge in [-0.3, -0.25) is 9.59 Å². The van der Waals surface area contributed by atoms with Crippen molar-refractivity contribution in [3.05, 3.63) is 0 Å². The number of hydrogen-bond donors (Lipinski definition) is 0. The summed E-state index contributed by atoms with van der Waals surface area (Å²) in [6.45, 7) is 3.83. The van der Waals surface area contributed by atoms with Gasteiger partial charge < -0.3 is 4.74 Å². The molecule has 0 radical (unpaired) electrons. The Morgan fingerprint density at radius 2 is 1.76 bits per heavy atom. The lowest BCUT2D eigenvalue weighted by molar-refractivity contribution is -0.144. The van der Waals surface area contributed by atoms with E-state index in [0.717, 1.165) is 6.42 Å². The topological polar surface area (TPSA) is 77.5 Å². The largest absolute Gasteiger partial charge is 0.466 e. The van der Waals surface area contributed by atoms with Gasteiger partial charge in [-0.2, -0.15) is 0 Å². The van der Waals surface area contributed by atoms with Crippen LogP contribution in [0.2, 0.25) is 0 Å². The minimum Gasteiger partial charge on any atom is -0.466 e. The fraction of sp³-hybridized carbons (Fsp3) is 0.818. The Bertz CT molecular complexity index is 345.